The third-order valence-corrected chi connectivity index (χ3v) is 5.09. The molecule has 180 valence electrons. The smallest absolute Gasteiger partial charge is 0.262 e. The molecule has 0 aliphatic carbocycles. The van der Waals surface area contributed by atoms with E-state index < -0.39 is 11.8 Å². The Labute approximate surface area is 208 Å². The van der Waals surface area contributed by atoms with Crippen molar-refractivity contribution < 1.29 is 23.9 Å². The van der Waals surface area contributed by atoms with Crippen LogP contribution in [-0.2, 0) is 4.79 Å². The lowest BCUT2D eigenvalue weighted by molar-refractivity contribution is -0.118. The highest BCUT2D eigenvalue weighted by Gasteiger charge is 2.15. The number of anilines is 1. The van der Waals surface area contributed by atoms with E-state index in [-0.39, 0.29) is 30.2 Å². The Balaban J connectivity index is 1.32. The molecule has 4 aromatic carbocycles. The number of hydrogen-bond acceptors (Lipinski definition) is 5. The third-order valence-electron chi connectivity index (χ3n) is 5.09. The van der Waals surface area contributed by atoms with E-state index in [1.54, 1.807) is 72.8 Å². The first kappa shape index (κ1) is 24.2. The molecule has 0 spiro atoms. The number of carbonyl (C=O) groups excluding carboxylic acids is 3. The molecule has 36 heavy (non-hydrogen) atoms. The molecule has 0 bridgehead atoms. The van der Waals surface area contributed by atoms with E-state index in [4.69, 9.17) is 9.47 Å². The largest absolute Gasteiger partial charge is 0.483 e. The minimum atomic E-state index is -0.471. The Kier molecular flexibility index (Phi) is 8.07. The van der Waals surface area contributed by atoms with Crippen molar-refractivity contribution in [3.63, 3.8) is 0 Å². The molecule has 0 fully saturated rings. The molecule has 0 atom stereocenters. The molecular formula is C29H24N2O5. The van der Waals surface area contributed by atoms with Crippen LogP contribution in [0, 0.1) is 0 Å². The van der Waals surface area contributed by atoms with Crippen LogP contribution in [0.3, 0.4) is 0 Å². The van der Waals surface area contributed by atoms with E-state index >= 15 is 0 Å². The quantitative estimate of drug-likeness (QED) is 0.308. The second kappa shape index (κ2) is 12.0. The van der Waals surface area contributed by atoms with E-state index in [0.717, 1.165) is 0 Å². The summed E-state index contributed by atoms with van der Waals surface area (Å²) < 4.78 is 11.4. The minimum Gasteiger partial charge on any atom is -0.483 e. The molecule has 0 saturated heterocycles. The van der Waals surface area contributed by atoms with Crippen LogP contribution in [0.5, 0.6) is 17.2 Å². The van der Waals surface area contributed by atoms with Crippen molar-refractivity contribution in [1.29, 1.82) is 0 Å². The predicted molar refractivity (Wildman–Crippen MR) is 137 cm³/mol. The molecule has 0 aromatic heterocycles. The van der Waals surface area contributed by atoms with Gasteiger partial charge in [-0.25, -0.2) is 0 Å². The van der Waals surface area contributed by atoms with Gasteiger partial charge in [-0.1, -0.05) is 66.7 Å². The summed E-state index contributed by atoms with van der Waals surface area (Å²) >= 11 is 0. The van der Waals surface area contributed by atoms with Gasteiger partial charge < -0.3 is 20.1 Å². The number of nitrogens with one attached hydrogen (secondary N) is 2. The van der Waals surface area contributed by atoms with E-state index in [0.29, 0.717) is 22.7 Å². The van der Waals surface area contributed by atoms with Gasteiger partial charge in [0.15, 0.2) is 12.4 Å². The fourth-order valence-corrected chi connectivity index (χ4v) is 3.36. The highest BCUT2D eigenvalue weighted by atomic mass is 16.5. The van der Waals surface area contributed by atoms with Crippen molar-refractivity contribution in [3.05, 3.63) is 120 Å². The molecule has 7 nitrogen and oxygen atoms in total. The Morgan fingerprint density at radius 2 is 1.36 bits per heavy atom. The lowest BCUT2D eigenvalue weighted by atomic mass is 10.1. The number of ether oxygens (including phenoxy) is 2. The number of para-hydroxylation sites is 2. The van der Waals surface area contributed by atoms with Gasteiger partial charge in [0.2, 0.25) is 0 Å². The van der Waals surface area contributed by atoms with Gasteiger partial charge in [-0.15, -0.1) is 0 Å². The first-order valence-electron chi connectivity index (χ1n) is 11.3. The first-order chi connectivity index (χ1) is 17.6. The Morgan fingerprint density at radius 3 is 2.14 bits per heavy atom. The second-order valence-electron chi connectivity index (χ2n) is 7.75. The van der Waals surface area contributed by atoms with Gasteiger partial charge in [-0.05, 0) is 36.4 Å². The van der Waals surface area contributed by atoms with Crippen molar-refractivity contribution in [2.45, 2.75) is 0 Å². The number of ketones is 1. The van der Waals surface area contributed by atoms with Crippen LogP contribution >= 0.6 is 0 Å². The van der Waals surface area contributed by atoms with E-state index in [9.17, 15) is 14.4 Å². The van der Waals surface area contributed by atoms with E-state index in [1.165, 1.54) is 0 Å². The fourth-order valence-electron chi connectivity index (χ4n) is 3.36. The Hall–Kier alpha value is -4.91. The lowest BCUT2D eigenvalue weighted by Gasteiger charge is -2.12. The predicted octanol–water partition coefficient (Wildman–Crippen LogP) is 5.11. The molecule has 2 N–H and O–H groups in total. The molecule has 7 heteroatoms. The molecule has 0 aliphatic heterocycles. The van der Waals surface area contributed by atoms with Crippen molar-refractivity contribution in [3.8, 4) is 17.2 Å². The van der Waals surface area contributed by atoms with Crippen LogP contribution in [0.25, 0.3) is 0 Å². The molecule has 0 aliphatic rings. The SMILES string of the molecule is O=C(COc1ccccc1C(=O)NCC(=O)c1ccccc1)Nc1cccc(Oc2ccccc2)c1. The summed E-state index contributed by atoms with van der Waals surface area (Å²) in [6, 6.07) is 31.6. The molecule has 0 unspecified atom stereocenters. The summed E-state index contributed by atoms with van der Waals surface area (Å²) in [6.07, 6.45) is 0. The number of carbonyl (C=O) groups is 3. The van der Waals surface area contributed by atoms with Crippen LogP contribution in [0.15, 0.2) is 109 Å². The van der Waals surface area contributed by atoms with Gasteiger partial charge in [0.05, 0.1) is 12.1 Å². The van der Waals surface area contributed by atoms with Crippen LogP contribution in [0.1, 0.15) is 20.7 Å². The normalized spacial score (nSPS) is 10.2. The summed E-state index contributed by atoms with van der Waals surface area (Å²) in [5.41, 5.74) is 1.28. The van der Waals surface area contributed by atoms with Gasteiger partial charge in [0.25, 0.3) is 11.8 Å². The Bertz CT molecular complexity index is 1340. The number of amides is 2. The lowest BCUT2D eigenvalue weighted by Crippen LogP contribution is -2.30. The van der Waals surface area contributed by atoms with Gasteiger partial charge in [-0.2, -0.15) is 0 Å². The summed E-state index contributed by atoms with van der Waals surface area (Å²) in [4.78, 5) is 37.4. The zero-order chi connectivity index (χ0) is 25.2. The molecule has 0 heterocycles. The van der Waals surface area contributed by atoms with Gasteiger partial charge in [0.1, 0.15) is 17.2 Å². The zero-order valence-corrected chi connectivity index (χ0v) is 19.3. The first-order valence-corrected chi connectivity index (χ1v) is 11.3. The zero-order valence-electron chi connectivity index (χ0n) is 19.3. The standard InChI is InChI=1S/C29H24N2O5/c32-26(21-10-3-1-4-11-21)19-30-29(34)25-16-7-8-17-27(25)35-20-28(33)31-22-12-9-15-24(18-22)36-23-13-5-2-6-14-23/h1-18H,19-20H2,(H,30,34)(H,31,33). The molecular weight excluding hydrogens is 456 g/mol. The number of benzene rings is 4. The van der Waals surface area contributed by atoms with Gasteiger partial charge in [0, 0.05) is 17.3 Å². The van der Waals surface area contributed by atoms with Gasteiger partial charge >= 0.3 is 0 Å². The fraction of sp³-hybridized carbons (Fsp3) is 0.0690. The van der Waals surface area contributed by atoms with E-state index in [1.807, 2.05) is 36.4 Å². The second-order valence-corrected chi connectivity index (χ2v) is 7.75. The molecule has 0 saturated carbocycles. The maximum atomic E-state index is 12.7. The summed E-state index contributed by atoms with van der Waals surface area (Å²) in [5, 5.41) is 5.36. The topological polar surface area (TPSA) is 93.7 Å². The van der Waals surface area contributed by atoms with E-state index in [2.05, 4.69) is 10.6 Å². The van der Waals surface area contributed by atoms with Crippen molar-refractivity contribution in [2.75, 3.05) is 18.5 Å². The maximum absolute atomic E-state index is 12.7. The monoisotopic (exact) mass is 480 g/mol. The minimum absolute atomic E-state index is 0.154. The maximum Gasteiger partial charge on any atom is 0.262 e. The number of Topliss-reactive ketones (excluding diaryl/α,β-unsaturated/α-hetero) is 1. The van der Waals surface area contributed by atoms with Crippen LogP contribution in [0.4, 0.5) is 5.69 Å². The summed E-state index contributed by atoms with van der Waals surface area (Å²) in [5.74, 6) is 0.415. The highest BCUT2D eigenvalue weighted by molar-refractivity contribution is 6.03. The molecule has 4 rings (SSSR count). The molecule has 0 radical (unpaired) electrons. The highest BCUT2D eigenvalue weighted by Crippen LogP contribution is 2.24. The average molecular weight is 481 g/mol. The van der Waals surface area contributed by atoms with Crippen molar-refractivity contribution in [1.82, 2.24) is 5.32 Å². The van der Waals surface area contributed by atoms with Crippen molar-refractivity contribution in [2.24, 2.45) is 0 Å². The molecule has 2 amide bonds. The summed E-state index contributed by atoms with van der Waals surface area (Å²) in [7, 11) is 0. The van der Waals surface area contributed by atoms with Crippen LogP contribution in [-0.4, -0.2) is 30.7 Å². The Morgan fingerprint density at radius 1 is 0.694 bits per heavy atom. The van der Waals surface area contributed by atoms with Gasteiger partial charge in [-0.3, -0.25) is 14.4 Å². The number of hydrogen-bond donors (Lipinski definition) is 2. The number of rotatable bonds is 10. The van der Waals surface area contributed by atoms with Crippen LogP contribution < -0.4 is 20.1 Å². The van der Waals surface area contributed by atoms with Crippen molar-refractivity contribution >= 4 is 23.3 Å². The summed E-state index contributed by atoms with van der Waals surface area (Å²) in [6.45, 7) is -0.462. The third kappa shape index (κ3) is 6.80. The van der Waals surface area contributed by atoms with Crippen LogP contribution in [0.2, 0.25) is 0 Å². The average Bonchev–Trinajstić information content (AvgIpc) is 2.92. The molecule has 4 aromatic rings.